The number of aromatic carboxylic acids is 1. The molecule has 2 rings (SSSR count). The molecule has 1 saturated heterocycles. The summed E-state index contributed by atoms with van der Waals surface area (Å²) < 4.78 is 4.76. The average molecular weight is 207 g/mol. The van der Waals surface area contributed by atoms with Crippen LogP contribution in [0, 0.1) is 0 Å². The first kappa shape index (κ1) is 9.51. The normalized spacial score (nSPS) is 15.2. The molecule has 1 aliphatic rings. The van der Waals surface area contributed by atoms with Crippen LogP contribution < -0.4 is 4.90 Å². The zero-order valence-corrected chi connectivity index (χ0v) is 7.84. The second-order valence-electron chi connectivity index (χ2n) is 3.12. The van der Waals surface area contributed by atoms with E-state index in [-0.39, 0.29) is 5.56 Å². The summed E-state index contributed by atoms with van der Waals surface area (Å²) in [6.45, 7) is 0.804. The molecule has 1 amide bonds. The lowest BCUT2D eigenvalue weighted by Crippen LogP contribution is -2.23. The molecule has 15 heavy (non-hydrogen) atoms. The summed E-state index contributed by atoms with van der Waals surface area (Å²) in [6, 6.07) is 6.21. The average Bonchev–Trinajstić information content (AvgIpc) is 2.64. The third-order valence-corrected chi connectivity index (χ3v) is 2.17. The van der Waals surface area contributed by atoms with E-state index in [0.29, 0.717) is 18.8 Å². The molecule has 0 unspecified atom stereocenters. The maximum Gasteiger partial charge on any atom is 0.414 e. The van der Waals surface area contributed by atoms with Gasteiger partial charge < -0.3 is 9.84 Å². The molecule has 5 nitrogen and oxygen atoms in total. The minimum atomic E-state index is -1.01. The molecule has 0 bridgehead atoms. The van der Waals surface area contributed by atoms with E-state index in [1.165, 1.54) is 17.0 Å². The number of benzene rings is 1. The second-order valence-corrected chi connectivity index (χ2v) is 3.12. The smallest absolute Gasteiger partial charge is 0.414 e. The minimum absolute atomic E-state index is 0.159. The number of hydrogen-bond donors (Lipinski definition) is 1. The van der Waals surface area contributed by atoms with Gasteiger partial charge in [-0.05, 0) is 18.2 Å². The lowest BCUT2D eigenvalue weighted by atomic mass is 10.2. The molecule has 1 aliphatic heterocycles. The quantitative estimate of drug-likeness (QED) is 0.794. The predicted octanol–water partition coefficient (Wildman–Crippen LogP) is 1.34. The van der Waals surface area contributed by atoms with E-state index >= 15 is 0 Å². The van der Waals surface area contributed by atoms with Gasteiger partial charge in [0.2, 0.25) is 0 Å². The minimum Gasteiger partial charge on any atom is -0.478 e. The Bertz CT molecular complexity index is 416. The molecular formula is C10H9NO4. The van der Waals surface area contributed by atoms with E-state index < -0.39 is 12.1 Å². The van der Waals surface area contributed by atoms with Crippen LogP contribution in [0.4, 0.5) is 10.5 Å². The lowest BCUT2D eigenvalue weighted by molar-refractivity contribution is 0.0697. The predicted molar refractivity (Wildman–Crippen MR) is 52.1 cm³/mol. The number of carboxylic acids is 1. The largest absolute Gasteiger partial charge is 0.478 e. The van der Waals surface area contributed by atoms with Crippen molar-refractivity contribution in [2.75, 3.05) is 18.1 Å². The summed E-state index contributed by atoms with van der Waals surface area (Å²) in [5.41, 5.74) is 0.713. The summed E-state index contributed by atoms with van der Waals surface area (Å²) in [5.74, 6) is -1.01. The number of anilines is 1. The van der Waals surface area contributed by atoms with Crippen LogP contribution in [-0.4, -0.2) is 30.3 Å². The number of amides is 1. The van der Waals surface area contributed by atoms with Crippen LogP contribution in [0.25, 0.3) is 0 Å². The number of carboxylic acid groups (broad SMARTS) is 1. The molecule has 0 aromatic heterocycles. The van der Waals surface area contributed by atoms with Crippen molar-refractivity contribution in [2.24, 2.45) is 0 Å². The molecule has 0 radical (unpaired) electrons. The van der Waals surface area contributed by atoms with Gasteiger partial charge in [-0.2, -0.15) is 0 Å². The van der Waals surface area contributed by atoms with Crippen molar-refractivity contribution in [3.8, 4) is 0 Å². The van der Waals surface area contributed by atoms with Crippen molar-refractivity contribution in [3.63, 3.8) is 0 Å². The van der Waals surface area contributed by atoms with E-state index in [4.69, 9.17) is 9.84 Å². The first-order chi connectivity index (χ1) is 7.18. The summed E-state index contributed by atoms with van der Waals surface area (Å²) in [4.78, 5) is 23.3. The fourth-order valence-electron chi connectivity index (χ4n) is 1.43. The molecule has 1 aromatic carbocycles. The molecule has 1 N–H and O–H groups in total. The van der Waals surface area contributed by atoms with Crippen LogP contribution in [0.5, 0.6) is 0 Å². The van der Waals surface area contributed by atoms with Crippen LogP contribution in [-0.2, 0) is 4.74 Å². The highest BCUT2D eigenvalue weighted by Gasteiger charge is 2.23. The molecule has 0 spiro atoms. The van der Waals surface area contributed by atoms with Gasteiger partial charge in [0.15, 0.2) is 0 Å². The standard InChI is InChI=1S/C10H9NO4/c12-9(13)7-2-1-3-8(6-7)11-4-5-15-10(11)14/h1-3,6H,4-5H2,(H,12,13). The number of cyclic esters (lactones) is 1. The first-order valence-electron chi connectivity index (χ1n) is 4.46. The second kappa shape index (κ2) is 3.61. The molecule has 78 valence electrons. The topological polar surface area (TPSA) is 66.8 Å². The van der Waals surface area contributed by atoms with Crippen molar-refractivity contribution < 1.29 is 19.4 Å². The first-order valence-corrected chi connectivity index (χ1v) is 4.46. The van der Waals surface area contributed by atoms with Gasteiger partial charge in [0, 0.05) is 5.69 Å². The molecule has 5 heteroatoms. The highest BCUT2D eigenvalue weighted by molar-refractivity contribution is 5.93. The van der Waals surface area contributed by atoms with Crippen molar-refractivity contribution in [2.45, 2.75) is 0 Å². The van der Waals surface area contributed by atoms with Crippen LogP contribution >= 0.6 is 0 Å². The van der Waals surface area contributed by atoms with E-state index in [0.717, 1.165) is 0 Å². The van der Waals surface area contributed by atoms with Crippen LogP contribution in [0.3, 0.4) is 0 Å². The molecule has 1 heterocycles. The van der Waals surface area contributed by atoms with Gasteiger partial charge in [0.1, 0.15) is 6.61 Å². The van der Waals surface area contributed by atoms with E-state index in [1.807, 2.05) is 0 Å². The molecule has 1 aromatic rings. The molecule has 0 atom stereocenters. The van der Waals surface area contributed by atoms with Crippen molar-refractivity contribution in [1.82, 2.24) is 0 Å². The Morgan fingerprint density at radius 2 is 2.27 bits per heavy atom. The van der Waals surface area contributed by atoms with E-state index in [9.17, 15) is 9.59 Å². The third-order valence-electron chi connectivity index (χ3n) is 2.17. The van der Waals surface area contributed by atoms with Crippen LogP contribution in [0.1, 0.15) is 10.4 Å². The fourth-order valence-corrected chi connectivity index (χ4v) is 1.43. The van der Waals surface area contributed by atoms with Crippen molar-refractivity contribution in [3.05, 3.63) is 29.8 Å². The van der Waals surface area contributed by atoms with Gasteiger partial charge in [0.25, 0.3) is 0 Å². The Morgan fingerprint density at radius 3 is 2.87 bits per heavy atom. The zero-order valence-electron chi connectivity index (χ0n) is 7.84. The maximum absolute atomic E-state index is 11.2. The van der Waals surface area contributed by atoms with E-state index in [1.54, 1.807) is 12.1 Å². The summed E-state index contributed by atoms with van der Waals surface area (Å²) in [6.07, 6.45) is -0.433. The number of nitrogens with zero attached hydrogens (tertiary/aromatic N) is 1. The van der Waals surface area contributed by atoms with Gasteiger partial charge in [-0.3, -0.25) is 4.90 Å². The van der Waals surface area contributed by atoms with E-state index in [2.05, 4.69) is 0 Å². The number of carbonyl (C=O) groups is 2. The van der Waals surface area contributed by atoms with Crippen molar-refractivity contribution in [1.29, 1.82) is 0 Å². The molecule has 1 fully saturated rings. The monoisotopic (exact) mass is 207 g/mol. The van der Waals surface area contributed by atoms with Crippen LogP contribution in [0.15, 0.2) is 24.3 Å². The lowest BCUT2D eigenvalue weighted by Gasteiger charge is -2.12. The van der Waals surface area contributed by atoms with Crippen molar-refractivity contribution >= 4 is 17.7 Å². The van der Waals surface area contributed by atoms with Gasteiger partial charge in [-0.25, -0.2) is 9.59 Å². The number of carbonyl (C=O) groups excluding carboxylic acids is 1. The van der Waals surface area contributed by atoms with Gasteiger partial charge >= 0.3 is 12.1 Å². The Kier molecular flexibility index (Phi) is 2.29. The Labute approximate surface area is 85.9 Å². The fraction of sp³-hybridized carbons (Fsp3) is 0.200. The maximum atomic E-state index is 11.2. The Hall–Kier alpha value is -2.04. The molecule has 0 saturated carbocycles. The summed E-state index contributed by atoms with van der Waals surface area (Å²) in [7, 11) is 0. The molecule has 0 aliphatic carbocycles. The number of hydrogen-bond acceptors (Lipinski definition) is 3. The van der Waals surface area contributed by atoms with Crippen LogP contribution in [0.2, 0.25) is 0 Å². The molecular weight excluding hydrogens is 198 g/mol. The highest BCUT2D eigenvalue weighted by Crippen LogP contribution is 2.19. The number of ether oxygens (including phenoxy) is 1. The Balaban J connectivity index is 2.32. The zero-order chi connectivity index (χ0) is 10.8. The summed E-state index contributed by atoms with van der Waals surface area (Å²) in [5, 5.41) is 8.78. The van der Waals surface area contributed by atoms with Gasteiger partial charge in [0.05, 0.1) is 12.1 Å². The highest BCUT2D eigenvalue weighted by atomic mass is 16.6. The third kappa shape index (κ3) is 1.76. The van der Waals surface area contributed by atoms with Gasteiger partial charge in [-0.15, -0.1) is 0 Å². The Morgan fingerprint density at radius 1 is 1.47 bits per heavy atom. The number of rotatable bonds is 2. The SMILES string of the molecule is O=C(O)c1cccc(N2CCOC2=O)c1. The summed E-state index contributed by atoms with van der Waals surface area (Å²) >= 11 is 0. The van der Waals surface area contributed by atoms with Gasteiger partial charge in [-0.1, -0.05) is 6.07 Å².